The van der Waals surface area contributed by atoms with E-state index in [1.165, 1.54) is 42.5 Å². The molecule has 47 heavy (non-hydrogen) atoms. The third-order valence-corrected chi connectivity index (χ3v) is 6.79. The van der Waals surface area contributed by atoms with Crippen molar-refractivity contribution in [2.75, 3.05) is 11.9 Å². The number of rotatable bonds is 16. The van der Waals surface area contributed by atoms with Gasteiger partial charge in [-0.1, -0.05) is 50.3 Å². The van der Waals surface area contributed by atoms with E-state index in [2.05, 4.69) is 28.8 Å². The van der Waals surface area contributed by atoms with Gasteiger partial charge in [0.1, 0.15) is 34.8 Å². The second-order valence-corrected chi connectivity index (χ2v) is 11.1. The average molecular weight is 669 g/mol. The number of carbonyl (C=O) groups excluding carboxylic acids is 3. The summed E-state index contributed by atoms with van der Waals surface area (Å²) in [5.41, 5.74) is 7.92. The van der Waals surface area contributed by atoms with Gasteiger partial charge < -0.3 is 30.2 Å². The first-order chi connectivity index (χ1) is 22.2. The number of ether oxygens (including phenoxy) is 2. The van der Waals surface area contributed by atoms with Crippen molar-refractivity contribution in [2.24, 2.45) is 11.7 Å². The zero-order valence-electron chi connectivity index (χ0n) is 25.6. The van der Waals surface area contributed by atoms with Crippen LogP contribution < -0.4 is 20.5 Å². The van der Waals surface area contributed by atoms with Crippen LogP contribution in [-0.2, 0) is 25.7 Å². The summed E-state index contributed by atoms with van der Waals surface area (Å²) in [5, 5.41) is 21.6. The van der Waals surface area contributed by atoms with Crippen molar-refractivity contribution in [3.8, 4) is 11.5 Å². The third kappa shape index (κ3) is 11.3. The predicted octanol–water partition coefficient (Wildman–Crippen LogP) is 4.56. The molecule has 15 nitrogen and oxygen atoms in total. The molecule has 2 atom stereocenters. The Kier molecular flexibility index (Phi) is 12.7. The lowest BCUT2D eigenvalue weighted by atomic mass is 9.96. The highest BCUT2D eigenvalue weighted by molar-refractivity contribution is 7.80. The number of nitrogens with two attached hydrogens (primary N) is 1. The van der Waals surface area contributed by atoms with E-state index < -0.39 is 47.2 Å². The highest BCUT2D eigenvalue weighted by Crippen LogP contribution is 2.27. The second-order valence-electron chi connectivity index (χ2n) is 10.7. The molecule has 3 N–H and O–H groups in total. The number of amides is 1. The van der Waals surface area contributed by atoms with Gasteiger partial charge in [0.15, 0.2) is 0 Å². The molecular formula is C31H32N4O11S. The molecule has 0 aliphatic rings. The lowest BCUT2D eigenvalue weighted by molar-refractivity contribution is -0.789. The van der Waals surface area contributed by atoms with Gasteiger partial charge in [-0.15, -0.1) is 20.2 Å². The van der Waals surface area contributed by atoms with Crippen LogP contribution >= 0.6 is 12.2 Å². The maximum Gasteiger partial charge on any atom is 0.347 e. The Labute approximate surface area is 274 Å². The number of esters is 2. The Morgan fingerprint density at radius 3 is 2.15 bits per heavy atom. The van der Waals surface area contributed by atoms with E-state index in [9.17, 15) is 34.6 Å². The monoisotopic (exact) mass is 668 g/mol. The minimum atomic E-state index is -1.69. The van der Waals surface area contributed by atoms with Gasteiger partial charge in [0.2, 0.25) is 5.91 Å². The highest BCUT2D eigenvalue weighted by Gasteiger charge is 2.25. The topological polar surface area (TPSA) is 212 Å². The zero-order chi connectivity index (χ0) is 34.7. The molecule has 0 spiro atoms. The molecular weight excluding hydrogens is 636 g/mol. The van der Waals surface area contributed by atoms with Crippen LogP contribution in [0.15, 0.2) is 66.7 Å². The number of benzene rings is 3. The van der Waals surface area contributed by atoms with Crippen LogP contribution in [0.1, 0.15) is 60.2 Å². The molecule has 0 saturated carbocycles. The third-order valence-electron chi connectivity index (χ3n) is 6.55. The normalized spacial score (nSPS) is 11.9. The fraction of sp³-hybridized carbons (Fsp3) is 0.290. The first-order valence-corrected chi connectivity index (χ1v) is 14.6. The summed E-state index contributed by atoms with van der Waals surface area (Å²) >= 11 is 4.93. The standard InChI is InChI=1S/C31H32N4O11S/c1-18(2)14-20-4-6-21(7-5-20)19(3)30(37)33-23-10-13-27(45-28(36)16-25(46-35(41)42)17-43-34(39)40)26(15-23)31(38)44-24-11-8-22(9-12-24)29(32)47/h4-13,15,18-19,25H,14,16-17H2,1-3H3,(H2,32,47)(H,33,37). The lowest BCUT2D eigenvalue weighted by Gasteiger charge is -2.16. The average Bonchev–Trinajstić information content (AvgIpc) is 3.00. The summed E-state index contributed by atoms with van der Waals surface area (Å²) in [6.07, 6.45) is -1.64. The number of carbonyl (C=O) groups is 3. The van der Waals surface area contributed by atoms with E-state index >= 15 is 0 Å². The largest absolute Gasteiger partial charge is 0.426 e. The fourth-order valence-corrected chi connectivity index (χ4v) is 4.40. The van der Waals surface area contributed by atoms with E-state index in [4.69, 9.17) is 27.4 Å². The van der Waals surface area contributed by atoms with Gasteiger partial charge in [-0.05, 0) is 72.9 Å². The number of hydrogen-bond acceptors (Lipinski definition) is 12. The minimum absolute atomic E-state index is 0.0904. The molecule has 3 aromatic rings. The summed E-state index contributed by atoms with van der Waals surface area (Å²) in [6.45, 7) is 5.01. The van der Waals surface area contributed by atoms with Gasteiger partial charge in [-0.25, -0.2) is 4.79 Å². The summed E-state index contributed by atoms with van der Waals surface area (Å²) in [5.74, 6) is -2.85. The Morgan fingerprint density at radius 2 is 1.57 bits per heavy atom. The van der Waals surface area contributed by atoms with Crippen LogP contribution in [-0.4, -0.2) is 45.7 Å². The first-order valence-electron chi connectivity index (χ1n) is 14.2. The van der Waals surface area contributed by atoms with Crippen molar-refractivity contribution in [1.29, 1.82) is 0 Å². The van der Waals surface area contributed by atoms with Crippen LogP contribution in [0.4, 0.5) is 5.69 Å². The molecule has 0 aliphatic carbocycles. The summed E-state index contributed by atoms with van der Waals surface area (Å²) in [7, 11) is 0. The van der Waals surface area contributed by atoms with Crippen LogP contribution in [0, 0.1) is 26.1 Å². The summed E-state index contributed by atoms with van der Waals surface area (Å²) < 4.78 is 10.7. The molecule has 0 saturated heterocycles. The highest BCUT2D eigenvalue weighted by atomic mass is 32.1. The molecule has 2 unspecified atom stereocenters. The molecule has 0 aromatic heterocycles. The molecule has 3 rings (SSSR count). The van der Waals surface area contributed by atoms with Gasteiger partial charge in [-0.3, -0.25) is 9.59 Å². The summed E-state index contributed by atoms with van der Waals surface area (Å²) in [6, 6.07) is 17.4. The molecule has 0 bridgehead atoms. The maximum atomic E-state index is 13.3. The van der Waals surface area contributed by atoms with Gasteiger partial charge in [-0.2, -0.15) is 0 Å². The van der Waals surface area contributed by atoms with Gasteiger partial charge in [0.25, 0.3) is 10.2 Å². The SMILES string of the molecule is CC(C)Cc1ccc(C(C)C(=O)Nc2ccc(OC(=O)CC(CO[N+](=O)[O-])O[N+](=O)[O-])c(C(=O)Oc3ccc(C(N)=S)cc3)c2)cc1. The Bertz CT molecular complexity index is 1630. The van der Waals surface area contributed by atoms with Gasteiger partial charge >= 0.3 is 11.9 Å². The Balaban J connectivity index is 1.85. The van der Waals surface area contributed by atoms with Crippen LogP contribution in [0.25, 0.3) is 0 Å². The Morgan fingerprint density at radius 1 is 0.915 bits per heavy atom. The quantitative estimate of drug-likeness (QED) is 0.0705. The van der Waals surface area contributed by atoms with E-state index in [0.29, 0.717) is 11.5 Å². The van der Waals surface area contributed by atoms with E-state index in [-0.39, 0.29) is 33.6 Å². The zero-order valence-corrected chi connectivity index (χ0v) is 26.4. The van der Waals surface area contributed by atoms with Crippen LogP contribution in [0.5, 0.6) is 11.5 Å². The van der Waals surface area contributed by atoms with E-state index in [1.807, 2.05) is 24.3 Å². The fourth-order valence-electron chi connectivity index (χ4n) is 4.26. The molecule has 3 aromatic carbocycles. The van der Waals surface area contributed by atoms with Crippen LogP contribution in [0.2, 0.25) is 0 Å². The summed E-state index contributed by atoms with van der Waals surface area (Å²) in [4.78, 5) is 68.9. The van der Waals surface area contributed by atoms with Crippen molar-refractivity contribution in [3.63, 3.8) is 0 Å². The Hall–Kier alpha value is -5.64. The molecule has 0 heterocycles. The van der Waals surface area contributed by atoms with Crippen molar-refractivity contribution in [3.05, 3.63) is 109 Å². The molecule has 0 aliphatic heterocycles. The number of hydrogen-bond donors (Lipinski definition) is 2. The number of thiocarbonyl (C=S) groups is 1. The van der Waals surface area contributed by atoms with Gasteiger partial charge in [0, 0.05) is 11.3 Å². The first kappa shape index (κ1) is 35.8. The van der Waals surface area contributed by atoms with Crippen LogP contribution in [0.3, 0.4) is 0 Å². The number of nitrogens with zero attached hydrogens (tertiary/aromatic N) is 2. The predicted molar refractivity (Wildman–Crippen MR) is 171 cm³/mol. The van der Waals surface area contributed by atoms with Crippen molar-refractivity contribution in [2.45, 2.75) is 45.6 Å². The van der Waals surface area contributed by atoms with Crippen molar-refractivity contribution < 1.29 is 43.7 Å². The van der Waals surface area contributed by atoms with Crippen molar-refractivity contribution in [1.82, 2.24) is 0 Å². The molecule has 0 radical (unpaired) electrons. The number of nitrogens with one attached hydrogen (secondary N) is 1. The maximum absolute atomic E-state index is 13.3. The van der Waals surface area contributed by atoms with E-state index in [0.717, 1.165) is 17.5 Å². The van der Waals surface area contributed by atoms with Crippen molar-refractivity contribution >= 4 is 40.7 Å². The molecule has 16 heteroatoms. The molecule has 248 valence electrons. The molecule has 0 fully saturated rings. The second kappa shape index (κ2) is 16.6. The van der Waals surface area contributed by atoms with Gasteiger partial charge in [0.05, 0.1) is 12.3 Å². The van der Waals surface area contributed by atoms with E-state index in [1.54, 1.807) is 6.92 Å². The lowest BCUT2D eigenvalue weighted by Crippen LogP contribution is -2.29. The smallest absolute Gasteiger partial charge is 0.347 e. The molecule has 1 amide bonds. The minimum Gasteiger partial charge on any atom is -0.426 e. The number of anilines is 1.